The molecule has 2 N–H and O–H groups in total. The summed E-state index contributed by atoms with van der Waals surface area (Å²) in [6.07, 6.45) is 0. The molecule has 3 aromatic rings. The number of hydrogen-bond donors (Lipinski definition) is 2. The molecular weight excluding hydrogens is 394 g/mol. The van der Waals surface area contributed by atoms with Crippen LogP contribution in [0.15, 0.2) is 63.5 Å². The lowest BCUT2D eigenvalue weighted by molar-refractivity contribution is 0.102. The summed E-state index contributed by atoms with van der Waals surface area (Å²) in [5, 5.41) is 12.3. The van der Waals surface area contributed by atoms with Gasteiger partial charge in [-0.05, 0) is 48.5 Å². The van der Waals surface area contributed by atoms with Gasteiger partial charge in [-0.3, -0.25) is 4.79 Å². The summed E-state index contributed by atoms with van der Waals surface area (Å²) in [5.74, 6) is 0.805. The van der Waals surface area contributed by atoms with Crippen molar-refractivity contribution in [2.45, 2.75) is 6.61 Å². The Morgan fingerprint density at radius 2 is 2.00 bits per heavy atom. The Bertz CT molecular complexity index is 891. The lowest BCUT2D eigenvalue weighted by atomic mass is 10.1. The zero-order valence-corrected chi connectivity index (χ0v) is 14.8. The van der Waals surface area contributed by atoms with E-state index < -0.39 is 0 Å². The highest BCUT2D eigenvalue weighted by Crippen LogP contribution is 2.30. The second-order valence-electron chi connectivity index (χ2n) is 5.08. The maximum atomic E-state index is 12.4. The van der Waals surface area contributed by atoms with Crippen LogP contribution in [0, 0.1) is 0 Å². The molecule has 1 aromatic heterocycles. The van der Waals surface area contributed by atoms with Crippen LogP contribution in [0.25, 0.3) is 11.3 Å². The van der Waals surface area contributed by atoms with Crippen molar-refractivity contribution in [3.05, 3.63) is 75.4 Å². The number of rotatable bonds is 4. The Hall–Kier alpha value is -2.08. The summed E-state index contributed by atoms with van der Waals surface area (Å²) in [5.41, 5.74) is 1.76. The minimum absolute atomic E-state index is 0.167. The quantitative estimate of drug-likeness (QED) is 0.633. The summed E-state index contributed by atoms with van der Waals surface area (Å²) in [4.78, 5) is 12.4. The molecule has 122 valence electrons. The number of benzene rings is 2. The van der Waals surface area contributed by atoms with Gasteiger partial charge in [0.15, 0.2) is 0 Å². The molecular formula is C18H13BrClNO3. The van der Waals surface area contributed by atoms with E-state index in [1.807, 2.05) is 6.07 Å². The monoisotopic (exact) mass is 405 g/mol. The van der Waals surface area contributed by atoms with E-state index in [-0.39, 0.29) is 12.5 Å². The summed E-state index contributed by atoms with van der Waals surface area (Å²) in [6, 6.07) is 15.8. The standard InChI is InChI=1S/C18H13BrClNO3/c19-13-3-1-2-12(8-13)18(23)21-16-9-11(4-6-15(16)20)17-7-5-14(10-22)24-17/h1-9,22H,10H2,(H,21,23). The highest BCUT2D eigenvalue weighted by Gasteiger charge is 2.12. The third-order valence-corrected chi connectivity index (χ3v) is 4.23. The summed E-state index contributed by atoms with van der Waals surface area (Å²) in [7, 11) is 0. The minimum Gasteiger partial charge on any atom is -0.459 e. The Morgan fingerprint density at radius 3 is 2.71 bits per heavy atom. The zero-order chi connectivity index (χ0) is 17.1. The summed E-state index contributed by atoms with van der Waals surface area (Å²) < 4.78 is 6.33. The number of carbonyl (C=O) groups is 1. The van der Waals surface area contributed by atoms with Crippen LogP contribution in [0.4, 0.5) is 5.69 Å². The molecule has 1 amide bonds. The molecule has 0 bridgehead atoms. The number of carbonyl (C=O) groups excluding carboxylic acids is 1. The van der Waals surface area contributed by atoms with Crippen molar-refractivity contribution in [2.24, 2.45) is 0 Å². The number of nitrogens with one attached hydrogen (secondary N) is 1. The zero-order valence-electron chi connectivity index (χ0n) is 12.4. The Kier molecular flexibility index (Phi) is 5.04. The molecule has 24 heavy (non-hydrogen) atoms. The lowest BCUT2D eigenvalue weighted by Crippen LogP contribution is -2.12. The van der Waals surface area contributed by atoms with Gasteiger partial charge in [0, 0.05) is 15.6 Å². The average Bonchev–Trinajstić information content (AvgIpc) is 3.06. The number of anilines is 1. The van der Waals surface area contributed by atoms with Gasteiger partial charge in [0.2, 0.25) is 0 Å². The van der Waals surface area contributed by atoms with Crippen LogP contribution in [-0.2, 0) is 6.61 Å². The first-order valence-electron chi connectivity index (χ1n) is 7.13. The number of hydrogen-bond acceptors (Lipinski definition) is 3. The van der Waals surface area contributed by atoms with Crippen LogP contribution in [-0.4, -0.2) is 11.0 Å². The summed E-state index contributed by atoms with van der Waals surface area (Å²) in [6.45, 7) is -0.167. The number of furan rings is 1. The highest BCUT2D eigenvalue weighted by molar-refractivity contribution is 9.10. The molecule has 0 unspecified atom stereocenters. The molecule has 0 saturated carbocycles. The van der Waals surface area contributed by atoms with Crippen LogP contribution in [0.1, 0.15) is 16.1 Å². The van der Waals surface area contributed by atoms with Gasteiger partial charge in [0.1, 0.15) is 18.1 Å². The first-order chi connectivity index (χ1) is 11.6. The number of aliphatic hydroxyl groups is 1. The van der Waals surface area contributed by atoms with Gasteiger partial charge >= 0.3 is 0 Å². The SMILES string of the molecule is O=C(Nc1cc(-c2ccc(CO)o2)ccc1Cl)c1cccc(Br)c1. The van der Waals surface area contributed by atoms with Gasteiger partial charge in [-0.2, -0.15) is 0 Å². The normalized spacial score (nSPS) is 10.6. The molecule has 6 heteroatoms. The van der Waals surface area contributed by atoms with E-state index in [0.717, 1.165) is 10.0 Å². The van der Waals surface area contributed by atoms with Crippen LogP contribution >= 0.6 is 27.5 Å². The molecule has 0 radical (unpaired) electrons. The van der Waals surface area contributed by atoms with Crippen molar-refractivity contribution in [3.63, 3.8) is 0 Å². The second-order valence-corrected chi connectivity index (χ2v) is 6.41. The number of halogens is 2. The Labute approximate surface area is 152 Å². The molecule has 2 aromatic carbocycles. The molecule has 4 nitrogen and oxygen atoms in total. The minimum atomic E-state index is -0.258. The first kappa shape index (κ1) is 16.8. The Morgan fingerprint density at radius 1 is 1.17 bits per heavy atom. The van der Waals surface area contributed by atoms with Gasteiger partial charge in [-0.25, -0.2) is 0 Å². The van der Waals surface area contributed by atoms with Gasteiger partial charge in [0.05, 0.1) is 10.7 Å². The van der Waals surface area contributed by atoms with Gasteiger partial charge in [-0.1, -0.05) is 33.6 Å². The number of amides is 1. The van der Waals surface area contributed by atoms with Crippen LogP contribution < -0.4 is 5.32 Å². The van der Waals surface area contributed by atoms with Crippen LogP contribution in [0.5, 0.6) is 0 Å². The molecule has 0 aliphatic heterocycles. The van der Waals surface area contributed by atoms with Crippen molar-refractivity contribution in [1.82, 2.24) is 0 Å². The fourth-order valence-corrected chi connectivity index (χ4v) is 2.78. The number of aliphatic hydroxyl groups excluding tert-OH is 1. The maximum Gasteiger partial charge on any atom is 0.255 e. The highest BCUT2D eigenvalue weighted by atomic mass is 79.9. The lowest BCUT2D eigenvalue weighted by Gasteiger charge is -2.09. The maximum absolute atomic E-state index is 12.4. The molecule has 0 aliphatic rings. The fraction of sp³-hybridized carbons (Fsp3) is 0.0556. The fourth-order valence-electron chi connectivity index (χ4n) is 2.22. The van der Waals surface area contributed by atoms with E-state index in [2.05, 4.69) is 21.2 Å². The van der Waals surface area contributed by atoms with E-state index in [1.165, 1.54) is 0 Å². The van der Waals surface area contributed by atoms with Crippen molar-refractivity contribution in [2.75, 3.05) is 5.32 Å². The van der Waals surface area contributed by atoms with E-state index >= 15 is 0 Å². The molecule has 0 aliphatic carbocycles. The molecule has 1 heterocycles. The topological polar surface area (TPSA) is 62.5 Å². The largest absolute Gasteiger partial charge is 0.459 e. The second kappa shape index (κ2) is 7.21. The van der Waals surface area contributed by atoms with E-state index in [4.69, 9.17) is 21.1 Å². The van der Waals surface area contributed by atoms with E-state index in [0.29, 0.717) is 27.8 Å². The smallest absolute Gasteiger partial charge is 0.255 e. The van der Waals surface area contributed by atoms with Crippen LogP contribution in [0.2, 0.25) is 5.02 Å². The van der Waals surface area contributed by atoms with E-state index in [1.54, 1.807) is 48.5 Å². The molecule has 0 spiro atoms. The molecule has 0 fully saturated rings. The molecule has 3 rings (SSSR count). The van der Waals surface area contributed by atoms with Gasteiger partial charge in [0.25, 0.3) is 5.91 Å². The van der Waals surface area contributed by atoms with Crippen molar-refractivity contribution >= 4 is 39.1 Å². The van der Waals surface area contributed by atoms with Crippen molar-refractivity contribution in [1.29, 1.82) is 0 Å². The van der Waals surface area contributed by atoms with Gasteiger partial charge in [-0.15, -0.1) is 0 Å². The van der Waals surface area contributed by atoms with E-state index in [9.17, 15) is 4.79 Å². The molecule has 0 atom stereocenters. The Balaban J connectivity index is 1.87. The first-order valence-corrected chi connectivity index (χ1v) is 8.30. The van der Waals surface area contributed by atoms with Crippen molar-refractivity contribution < 1.29 is 14.3 Å². The van der Waals surface area contributed by atoms with Crippen molar-refractivity contribution in [3.8, 4) is 11.3 Å². The predicted octanol–water partition coefficient (Wildman–Crippen LogP) is 5.11. The molecule has 0 saturated heterocycles. The van der Waals surface area contributed by atoms with Crippen LogP contribution in [0.3, 0.4) is 0 Å². The summed E-state index contributed by atoms with van der Waals surface area (Å²) >= 11 is 9.53. The van der Waals surface area contributed by atoms with Gasteiger partial charge < -0.3 is 14.8 Å². The average molecular weight is 407 g/mol. The third-order valence-electron chi connectivity index (χ3n) is 3.40. The predicted molar refractivity (Wildman–Crippen MR) is 97.2 cm³/mol. The third kappa shape index (κ3) is 3.70.